The van der Waals surface area contributed by atoms with Crippen molar-refractivity contribution < 1.29 is 14.3 Å². The van der Waals surface area contributed by atoms with E-state index >= 15 is 0 Å². The van der Waals surface area contributed by atoms with Gasteiger partial charge in [-0.1, -0.05) is 49.0 Å². The van der Waals surface area contributed by atoms with E-state index in [2.05, 4.69) is 5.32 Å². The summed E-state index contributed by atoms with van der Waals surface area (Å²) >= 11 is 1.57. The first-order chi connectivity index (χ1) is 11.6. The smallest absolute Gasteiger partial charge is 0.309 e. The molecule has 124 valence electrons. The van der Waals surface area contributed by atoms with Gasteiger partial charge in [0, 0.05) is 9.79 Å². The van der Waals surface area contributed by atoms with Gasteiger partial charge in [0.1, 0.15) is 0 Å². The van der Waals surface area contributed by atoms with E-state index in [1.165, 1.54) is 0 Å². The molecule has 0 aromatic heterocycles. The zero-order valence-corrected chi connectivity index (χ0v) is 14.2. The standard InChI is InChI=1S/C19H19NO3S/c1-13-11-15(13)19(22)23-12-18(21)20-16-9-5-6-10-17(16)24-14-7-3-2-4-8-14/h2-10,13,15H,11-12H2,1H3,(H,20,21)/t13-,15-/m1/s1. The lowest BCUT2D eigenvalue weighted by molar-refractivity contribution is -0.148. The van der Waals surface area contributed by atoms with Crippen LogP contribution in [-0.4, -0.2) is 18.5 Å². The van der Waals surface area contributed by atoms with Gasteiger partial charge in [0.2, 0.25) is 0 Å². The fraction of sp³-hybridized carbons (Fsp3) is 0.263. The Labute approximate surface area is 145 Å². The quantitative estimate of drug-likeness (QED) is 0.808. The highest BCUT2D eigenvalue weighted by Gasteiger charge is 2.40. The van der Waals surface area contributed by atoms with Crippen LogP contribution < -0.4 is 5.32 Å². The second kappa shape index (κ2) is 7.53. The third-order valence-corrected chi connectivity index (χ3v) is 4.97. The SMILES string of the molecule is C[C@@H]1C[C@H]1C(=O)OCC(=O)Nc1ccccc1Sc1ccccc1. The molecule has 1 saturated carbocycles. The lowest BCUT2D eigenvalue weighted by Crippen LogP contribution is -2.22. The molecule has 2 atom stereocenters. The van der Waals surface area contributed by atoms with Crippen molar-refractivity contribution in [2.24, 2.45) is 11.8 Å². The van der Waals surface area contributed by atoms with E-state index in [1.807, 2.05) is 61.5 Å². The first-order valence-corrected chi connectivity index (χ1v) is 8.73. The van der Waals surface area contributed by atoms with Crippen LogP contribution in [0.4, 0.5) is 5.69 Å². The molecular weight excluding hydrogens is 322 g/mol. The van der Waals surface area contributed by atoms with Crippen molar-refractivity contribution in [1.29, 1.82) is 0 Å². The highest BCUT2D eigenvalue weighted by Crippen LogP contribution is 2.38. The summed E-state index contributed by atoms with van der Waals surface area (Å²) in [5.41, 5.74) is 0.715. The predicted molar refractivity (Wildman–Crippen MR) is 93.9 cm³/mol. The fourth-order valence-corrected chi connectivity index (χ4v) is 3.28. The van der Waals surface area contributed by atoms with Crippen molar-refractivity contribution in [2.75, 3.05) is 11.9 Å². The summed E-state index contributed by atoms with van der Waals surface area (Å²) in [4.78, 5) is 25.8. The van der Waals surface area contributed by atoms with E-state index in [0.29, 0.717) is 11.6 Å². The van der Waals surface area contributed by atoms with Crippen LogP contribution in [0.2, 0.25) is 0 Å². The highest BCUT2D eigenvalue weighted by molar-refractivity contribution is 7.99. The van der Waals surface area contributed by atoms with Crippen molar-refractivity contribution in [3.05, 3.63) is 54.6 Å². The van der Waals surface area contributed by atoms with Gasteiger partial charge in [0.05, 0.1) is 11.6 Å². The summed E-state index contributed by atoms with van der Waals surface area (Å²) < 4.78 is 5.07. The molecule has 2 aromatic carbocycles. The minimum absolute atomic E-state index is 0.0290. The Kier molecular flexibility index (Phi) is 5.20. The molecule has 3 rings (SSSR count). The number of amides is 1. The lowest BCUT2D eigenvalue weighted by atomic mass is 10.3. The Morgan fingerprint density at radius 2 is 1.79 bits per heavy atom. The van der Waals surface area contributed by atoms with Crippen LogP contribution >= 0.6 is 11.8 Å². The second-order valence-electron chi connectivity index (χ2n) is 5.89. The molecule has 0 saturated heterocycles. The fourth-order valence-electron chi connectivity index (χ4n) is 2.35. The minimum Gasteiger partial charge on any atom is -0.455 e. The number of hydrogen-bond acceptors (Lipinski definition) is 4. The summed E-state index contributed by atoms with van der Waals surface area (Å²) in [7, 11) is 0. The topological polar surface area (TPSA) is 55.4 Å². The van der Waals surface area contributed by atoms with E-state index in [-0.39, 0.29) is 24.4 Å². The maximum atomic E-state index is 12.0. The third-order valence-electron chi connectivity index (χ3n) is 3.89. The van der Waals surface area contributed by atoms with Crippen molar-refractivity contribution in [3.63, 3.8) is 0 Å². The van der Waals surface area contributed by atoms with Crippen LogP contribution in [-0.2, 0) is 14.3 Å². The first-order valence-electron chi connectivity index (χ1n) is 7.92. The Morgan fingerprint density at radius 3 is 2.50 bits per heavy atom. The van der Waals surface area contributed by atoms with Crippen molar-refractivity contribution in [1.82, 2.24) is 0 Å². The molecule has 1 amide bonds. The Balaban J connectivity index is 1.58. The van der Waals surface area contributed by atoms with Gasteiger partial charge < -0.3 is 10.1 Å². The first kappa shape index (κ1) is 16.6. The average Bonchev–Trinajstić information content (AvgIpc) is 3.32. The number of hydrogen-bond donors (Lipinski definition) is 1. The summed E-state index contributed by atoms with van der Waals surface area (Å²) in [6, 6.07) is 17.5. The van der Waals surface area contributed by atoms with E-state index in [9.17, 15) is 9.59 Å². The summed E-state index contributed by atoms with van der Waals surface area (Å²) in [6.07, 6.45) is 0.858. The predicted octanol–water partition coefficient (Wildman–Crippen LogP) is 3.98. The van der Waals surface area contributed by atoms with Crippen LogP contribution in [0.15, 0.2) is 64.4 Å². The maximum Gasteiger partial charge on any atom is 0.309 e. The number of carbonyl (C=O) groups is 2. The number of benzene rings is 2. The lowest BCUT2D eigenvalue weighted by Gasteiger charge is -2.11. The van der Waals surface area contributed by atoms with E-state index in [0.717, 1.165) is 16.2 Å². The van der Waals surface area contributed by atoms with Crippen molar-refractivity contribution in [3.8, 4) is 0 Å². The number of ether oxygens (including phenoxy) is 1. The van der Waals surface area contributed by atoms with Gasteiger partial charge in [-0.25, -0.2) is 0 Å². The number of anilines is 1. The molecule has 0 aliphatic heterocycles. The molecule has 1 fully saturated rings. The van der Waals surface area contributed by atoms with E-state index in [4.69, 9.17) is 4.74 Å². The summed E-state index contributed by atoms with van der Waals surface area (Å²) in [6.45, 7) is 1.76. The van der Waals surface area contributed by atoms with Crippen LogP contribution in [0.3, 0.4) is 0 Å². The molecule has 1 N–H and O–H groups in total. The van der Waals surface area contributed by atoms with E-state index in [1.54, 1.807) is 11.8 Å². The third kappa shape index (κ3) is 4.38. The summed E-state index contributed by atoms with van der Waals surface area (Å²) in [5.74, 6) is -0.246. The molecular formula is C19H19NO3S. The number of para-hydroxylation sites is 1. The average molecular weight is 341 g/mol. The Hall–Kier alpha value is -2.27. The molecule has 0 radical (unpaired) electrons. The van der Waals surface area contributed by atoms with Crippen LogP contribution in [0.25, 0.3) is 0 Å². The largest absolute Gasteiger partial charge is 0.455 e. The van der Waals surface area contributed by atoms with Crippen LogP contribution in [0.1, 0.15) is 13.3 Å². The number of rotatable bonds is 6. The molecule has 0 bridgehead atoms. The van der Waals surface area contributed by atoms with Crippen molar-refractivity contribution in [2.45, 2.75) is 23.1 Å². The zero-order chi connectivity index (χ0) is 16.9. The van der Waals surface area contributed by atoms with Gasteiger partial charge >= 0.3 is 5.97 Å². The minimum atomic E-state index is -0.322. The molecule has 0 spiro atoms. The second-order valence-corrected chi connectivity index (χ2v) is 7.00. The van der Waals surface area contributed by atoms with Crippen LogP contribution in [0, 0.1) is 11.8 Å². The molecule has 0 unspecified atom stereocenters. The number of nitrogens with one attached hydrogen (secondary N) is 1. The molecule has 5 heteroatoms. The van der Waals surface area contributed by atoms with Crippen molar-refractivity contribution >= 4 is 29.3 Å². The van der Waals surface area contributed by atoms with Gasteiger partial charge in [-0.15, -0.1) is 0 Å². The van der Waals surface area contributed by atoms with Gasteiger partial charge in [0.15, 0.2) is 6.61 Å². The normalized spacial score (nSPS) is 18.7. The monoisotopic (exact) mass is 341 g/mol. The highest BCUT2D eigenvalue weighted by atomic mass is 32.2. The number of carbonyl (C=O) groups excluding carboxylic acids is 2. The Bertz CT molecular complexity index is 732. The Morgan fingerprint density at radius 1 is 1.12 bits per heavy atom. The molecule has 0 heterocycles. The van der Waals surface area contributed by atoms with Crippen LogP contribution in [0.5, 0.6) is 0 Å². The molecule has 1 aliphatic carbocycles. The number of esters is 1. The molecule has 2 aromatic rings. The van der Waals surface area contributed by atoms with Gasteiger partial charge in [-0.3, -0.25) is 9.59 Å². The van der Waals surface area contributed by atoms with Gasteiger partial charge in [0.25, 0.3) is 5.91 Å². The summed E-state index contributed by atoms with van der Waals surface area (Å²) in [5, 5.41) is 2.82. The zero-order valence-electron chi connectivity index (χ0n) is 13.4. The van der Waals surface area contributed by atoms with Gasteiger partial charge in [-0.2, -0.15) is 0 Å². The molecule has 1 aliphatic rings. The molecule has 24 heavy (non-hydrogen) atoms. The van der Waals surface area contributed by atoms with E-state index < -0.39 is 0 Å². The molecule has 4 nitrogen and oxygen atoms in total. The van der Waals surface area contributed by atoms with Gasteiger partial charge in [-0.05, 0) is 36.6 Å². The maximum absolute atomic E-state index is 12.0.